The second-order valence-electron chi connectivity index (χ2n) is 5.52. The molecule has 1 atom stereocenters. The van der Waals surface area contributed by atoms with Gasteiger partial charge in [-0.15, -0.1) is 11.3 Å². The van der Waals surface area contributed by atoms with Crippen LogP contribution in [0.4, 0.5) is 0 Å². The summed E-state index contributed by atoms with van der Waals surface area (Å²) in [5.74, 6) is -0.0106. The van der Waals surface area contributed by atoms with Gasteiger partial charge in [0.05, 0.1) is 30.5 Å². The van der Waals surface area contributed by atoms with Crippen molar-refractivity contribution >= 4 is 17.2 Å². The van der Waals surface area contributed by atoms with Crippen molar-refractivity contribution in [2.24, 2.45) is 0 Å². The number of morpholine rings is 1. The summed E-state index contributed by atoms with van der Waals surface area (Å²) in [5.41, 5.74) is 1.19. The van der Waals surface area contributed by atoms with Gasteiger partial charge in [0.15, 0.2) is 0 Å². The number of hydrogen-bond acceptors (Lipinski definition) is 5. The SMILES string of the molecule is O=C(c1cnc(Cc2ccccc2)s1)N1CCOCC1CCO. The zero-order valence-corrected chi connectivity index (χ0v) is 13.7. The minimum absolute atomic E-state index is 0.0106. The van der Waals surface area contributed by atoms with Gasteiger partial charge in [-0.05, 0) is 12.0 Å². The fourth-order valence-corrected chi connectivity index (χ4v) is 3.62. The van der Waals surface area contributed by atoms with E-state index in [1.54, 1.807) is 11.1 Å². The summed E-state index contributed by atoms with van der Waals surface area (Å²) in [4.78, 5) is 19.6. The molecule has 1 N–H and O–H groups in total. The van der Waals surface area contributed by atoms with Crippen molar-refractivity contribution in [2.75, 3.05) is 26.4 Å². The van der Waals surface area contributed by atoms with E-state index in [2.05, 4.69) is 17.1 Å². The van der Waals surface area contributed by atoms with Crippen LogP contribution in [0.2, 0.25) is 0 Å². The molecular weight excluding hydrogens is 312 g/mol. The van der Waals surface area contributed by atoms with Gasteiger partial charge in [0.2, 0.25) is 0 Å². The molecule has 23 heavy (non-hydrogen) atoms. The van der Waals surface area contributed by atoms with Crippen molar-refractivity contribution in [3.63, 3.8) is 0 Å². The first-order valence-corrected chi connectivity index (χ1v) is 8.58. The summed E-state index contributed by atoms with van der Waals surface area (Å²) in [7, 11) is 0. The average molecular weight is 332 g/mol. The van der Waals surface area contributed by atoms with Crippen LogP contribution in [0, 0.1) is 0 Å². The maximum absolute atomic E-state index is 12.7. The van der Waals surface area contributed by atoms with E-state index in [9.17, 15) is 4.79 Å². The van der Waals surface area contributed by atoms with Gasteiger partial charge >= 0.3 is 0 Å². The third kappa shape index (κ3) is 3.96. The Morgan fingerprint density at radius 1 is 1.39 bits per heavy atom. The van der Waals surface area contributed by atoms with E-state index in [1.165, 1.54) is 16.9 Å². The molecule has 0 radical (unpaired) electrons. The topological polar surface area (TPSA) is 62.7 Å². The van der Waals surface area contributed by atoms with E-state index in [1.807, 2.05) is 18.2 Å². The highest BCUT2D eigenvalue weighted by Gasteiger charge is 2.28. The molecule has 0 bridgehead atoms. The normalized spacial score (nSPS) is 18.1. The number of aliphatic hydroxyl groups is 1. The lowest BCUT2D eigenvalue weighted by atomic mass is 10.1. The average Bonchev–Trinajstić information content (AvgIpc) is 3.04. The highest BCUT2D eigenvalue weighted by molar-refractivity contribution is 7.13. The number of rotatable bonds is 5. The van der Waals surface area contributed by atoms with Gasteiger partial charge in [-0.3, -0.25) is 4.79 Å². The van der Waals surface area contributed by atoms with Crippen molar-refractivity contribution in [1.82, 2.24) is 9.88 Å². The van der Waals surface area contributed by atoms with E-state index in [0.717, 1.165) is 11.4 Å². The molecule has 1 aromatic heterocycles. The molecule has 3 rings (SSSR count). The quantitative estimate of drug-likeness (QED) is 0.909. The van der Waals surface area contributed by atoms with Crippen molar-refractivity contribution in [1.29, 1.82) is 0 Å². The molecule has 0 saturated carbocycles. The molecular formula is C17H20N2O3S. The molecule has 2 aromatic rings. The summed E-state index contributed by atoms with van der Waals surface area (Å²) < 4.78 is 5.42. The van der Waals surface area contributed by atoms with Gasteiger partial charge in [-0.25, -0.2) is 4.98 Å². The first-order chi connectivity index (χ1) is 11.3. The molecule has 122 valence electrons. The fourth-order valence-electron chi connectivity index (χ4n) is 2.71. The number of benzene rings is 1. The summed E-state index contributed by atoms with van der Waals surface area (Å²) in [5, 5.41) is 10.1. The zero-order chi connectivity index (χ0) is 16.1. The van der Waals surface area contributed by atoms with Gasteiger partial charge in [-0.1, -0.05) is 30.3 Å². The van der Waals surface area contributed by atoms with E-state index in [4.69, 9.17) is 9.84 Å². The summed E-state index contributed by atoms with van der Waals surface area (Å²) in [6.07, 6.45) is 2.94. The third-order valence-corrected chi connectivity index (χ3v) is 4.90. The Hall–Kier alpha value is -1.76. The number of carbonyl (C=O) groups excluding carboxylic acids is 1. The minimum Gasteiger partial charge on any atom is -0.396 e. The first kappa shape index (κ1) is 16.1. The molecule has 5 nitrogen and oxygen atoms in total. The van der Waals surface area contributed by atoms with Crippen molar-refractivity contribution in [2.45, 2.75) is 18.9 Å². The Bertz CT molecular complexity index is 642. The third-order valence-electron chi connectivity index (χ3n) is 3.91. The van der Waals surface area contributed by atoms with Crippen LogP contribution in [0.3, 0.4) is 0 Å². The standard InChI is InChI=1S/C17H20N2O3S/c20-8-6-14-12-22-9-7-19(14)17(21)15-11-18-16(23-15)10-13-4-2-1-3-5-13/h1-5,11,14,20H,6-10,12H2. The number of aliphatic hydroxyl groups excluding tert-OH is 1. The smallest absolute Gasteiger partial charge is 0.265 e. The molecule has 1 aliphatic heterocycles. The Kier molecular flexibility index (Phi) is 5.38. The lowest BCUT2D eigenvalue weighted by Gasteiger charge is -2.35. The number of hydrogen-bond donors (Lipinski definition) is 1. The monoisotopic (exact) mass is 332 g/mol. The Morgan fingerprint density at radius 3 is 3.00 bits per heavy atom. The molecule has 1 amide bonds. The van der Waals surface area contributed by atoms with Crippen LogP contribution in [-0.4, -0.2) is 53.3 Å². The van der Waals surface area contributed by atoms with Crippen LogP contribution in [0.25, 0.3) is 0 Å². The van der Waals surface area contributed by atoms with Crippen LogP contribution in [0.15, 0.2) is 36.5 Å². The Labute approximate surface area is 139 Å². The van der Waals surface area contributed by atoms with Crippen LogP contribution >= 0.6 is 11.3 Å². The number of nitrogens with zero attached hydrogens (tertiary/aromatic N) is 2. The number of aromatic nitrogens is 1. The molecule has 1 aliphatic rings. The molecule has 0 spiro atoms. The van der Waals surface area contributed by atoms with E-state index < -0.39 is 0 Å². The van der Waals surface area contributed by atoms with Gasteiger partial charge in [-0.2, -0.15) is 0 Å². The largest absolute Gasteiger partial charge is 0.396 e. The molecule has 6 heteroatoms. The lowest BCUT2D eigenvalue weighted by Crippen LogP contribution is -2.48. The maximum Gasteiger partial charge on any atom is 0.265 e. The second kappa shape index (κ2) is 7.68. The molecule has 0 aliphatic carbocycles. The number of ether oxygens (including phenoxy) is 1. The lowest BCUT2D eigenvalue weighted by molar-refractivity contribution is -0.00806. The van der Waals surface area contributed by atoms with Crippen LogP contribution in [0.5, 0.6) is 0 Å². The number of thiazole rings is 1. The van der Waals surface area contributed by atoms with E-state index in [0.29, 0.717) is 31.1 Å². The summed E-state index contributed by atoms with van der Waals surface area (Å²) in [6.45, 7) is 1.65. The summed E-state index contributed by atoms with van der Waals surface area (Å²) >= 11 is 1.44. The number of amides is 1. The van der Waals surface area contributed by atoms with Crippen LogP contribution in [-0.2, 0) is 11.2 Å². The molecule has 1 aromatic carbocycles. The van der Waals surface area contributed by atoms with Crippen molar-refractivity contribution in [3.05, 3.63) is 52.0 Å². The van der Waals surface area contributed by atoms with Crippen molar-refractivity contribution < 1.29 is 14.6 Å². The molecule has 1 fully saturated rings. The van der Waals surface area contributed by atoms with E-state index >= 15 is 0 Å². The van der Waals surface area contributed by atoms with Crippen LogP contribution < -0.4 is 0 Å². The fraction of sp³-hybridized carbons (Fsp3) is 0.412. The van der Waals surface area contributed by atoms with Gasteiger partial charge < -0.3 is 14.7 Å². The highest BCUT2D eigenvalue weighted by Crippen LogP contribution is 2.21. The predicted molar refractivity (Wildman–Crippen MR) is 88.7 cm³/mol. The zero-order valence-electron chi connectivity index (χ0n) is 12.9. The summed E-state index contributed by atoms with van der Waals surface area (Å²) in [6, 6.07) is 10.1. The molecule has 1 unspecified atom stereocenters. The van der Waals surface area contributed by atoms with Gasteiger partial charge in [0.25, 0.3) is 5.91 Å². The van der Waals surface area contributed by atoms with Crippen LogP contribution in [0.1, 0.15) is 26.7 Å². The Balaban J connectivity index is 1.70. The number of carbonyl (C=O) groups is 1. The Morgan fingerprint density at radius 2 is 2.22 bits per heavy atom. The minimum atomic E-state index is -0.0547. The van der Waals surface area contributed by atoms with Gasteiger partial charge in [0, 0.05) is 19.6 Å². The highest BCUT2D eigenvalue weighted by atomic mass is 32.1. The molecule has 2 heterocycles. The van der Waals surface area contributed by atoms with E-state index in [-0.39, 0.29) is 18.6 Å². The van der Waals surface area contributed by atoms with Gasteiger partial charge in [0.1, 0.15) is 4.88 Å². The predicted octanol–water partition coefficient (Wildman–Crippen LogP) is 1.96. The maximum atomic E-state index is 12.7. The second-order valence-corrected chi connectivity index (χ2v) is 6.64. The van der Waals surface area contributed by atoms with Crippen molar-refractivity contribution in [3.8, 4) is 0 Å². The first-order valence-electron chi connectivity index (χ1n) is 7.76. The molecule has 1 saturated heterocycles.